The number of likely N-dealkylation sites (tertiary alicyclic amines) is 1. The van der Waals surface area contributed by atoms with Gasteiger partial charge >= 0.3 is 0 Å². The number of alkyl halides is 1. The molecule has 0 saturated carbocycles. The number of benzene rings is 3. The lowest BCUT2D eigenvalue weighted by molar-refractivity contribution is 0.101. The fourth-order valence-electron chi connectivity index (χ4n) is 4.73. The van der Waals surface area contributed by atoms with Crippen LogP contribution in [0.3, 0.4) is 0 Å². The van der Waals surface area contributed by atoms with Gasteiger partial charge < -0.3 is 5.32 Å². The van der Waals surface area contributed by atoms with E-state index >= 15 is 0 Å². The summed E-state index contributed by atoms with van der Waals surface area (Å²) in [6.07, 6.45) is 1.49. The summed E-state index contributed by atoms with van der Waals surface area (Å²) in [7, 11) is 0. The minimum absolute atomic E-state index is 0.0173. The predicted molar refractivity (Wildman–Crippen MR) is 140 cm³/mol. The largest absolute Gasteiger partial charge is 0.378 e. The highest BCUT2D eigenvalue weighted by Gasteiger charge is 2.14. The van der Waals surface area contributed by atoms with Crippen LogP contribution in [-0.2, 0) is 6.54 Å². The molecule has 3 aromatic carbocycles. The van der Waals surface area contributed by atoms with Crippen molar-refractivity contribution in [1.82, 2.24) is 9.88 Å². The topological polar surface area (TPSA) is 45.2 Å². The second-order valence-corrected chi connectivity index (χ2v) is 9.28. The Labute approximate surface area is 205 Å². The smallest absolute Gasteiger partial charge is 0.184 e. The Balaban J connectivity index is 1.35. The van der Waals surface area contributed by atoms with Gasteiger partial charge in [0.2, 0.25) is 0 Å². The van der Waals surface area contributed by atoms with E-state index in [0.29, 0.717) is 16.6 Å². The van der Waals surface area contributed by atoms with Crippen molar-refractivity contribution < 1.29 is 9.18 Å². The molecule has 5 rings (SSSR count). The van der Waals surface area contributed by atoms with Crippen molar-refractivity contribution in [3.63, 3.8) is 0 Å². The summed E-state index contributed by atoms with van der Waals surface area (Å²) >= 11 is 0. The highest BCUT2D eigenvalue weighted by Crippen LogP contribution is 2.27. The van der Waals surface area contributed by atoms with Crippen LogP contribution in [0, 0.1) is 0 Å². The number of hydrogen-bond donors (Lipinski definition) is 1. The van der Waals surface area contributed by atoms with E-state index in [9.17, 15) is 9.18 Å². The Bertz CT molecular complexity index is 1340. The Morgan fingerprint density at radius 2 is 1.80 bits per heavy atom. The fraction of sp³-hybridized carbons (Fsp3) is 0.267. The van der Waals surface area contributed by atoms with E-state index in [-0.39, 0.29) is 12.3 Å². The first-order valence-corrected chi connectivity index (χ1v) is 12.3. The van der Waals surface area contributed by atoms with Crippen molar-refractivity contribution in [1.29, 1.82) is 0 Å². The summed E-state index contributed by atoms with van der Waals surface area (Å²) < 4.78 is 13.8. The maximum Gasteiger partial charge on any atom is 0.184 e. The molecule has 0 aliphatic carbocycles. The third-order valence-electron chi connectivity index (χ3n) is 6.65. The van der Waals surface area contributed by atoms with Gasteiger partial charge in [0.1, 0.15) is 6.17 Å². The molecule has 0 radical (unpaired) electrons. The summed E-state index contributed by atoms with van der Waals surface area (Å²) in [5.74, 6) is -0.0173. The Kier molecular flexibility index (Phi) is 6.87. The molecular weight excluding hydrogens is 437 g/mol. The minimum atomic E-state index is -1.05. The third kappa shape index (κ3) is 5.41. The Hall–Kier alpha value is -3.57. The number of rotatable bonds is 8. The monoisotopic (exact) mass is 467 g/mol. The van der Waals surface area contributed by atoms with Crippen molar-refractivity contribution in [2.75, 3.05) is 25.0 Å². The second kappa shape index (κ2) is 10.4. The van der Waals surface area contributed by atoms with Gasteiger partial charge in [-0.1, -0.05) is 48.5 Å². The molecule has 1 saturated heterocycles. The van der Waals surface area contributed by atoms with Gasteiger partial charge in [-0.3, -0.25) is 9.69 Å². The zero-order chi connectivity index (χ0) is 24.2. The van der Waals surface area contributed by atoms with Crippen LogP contribution in [0.2, 0.25) is 0 Å². The molecule has 2 heterocycles. The minimum Gasteiger partial charge on any atom is -0.378 e. The third-order valence-corrected chi connectivity index (χ3v) is 6.65. The van der Waals surface area contributed by atoms with E-state index in [1.807, 2.05) is 60.7 Å². The molecule has 4 aromatic rings. The van der Waals surface area contributed by atoms with Crippen LogP contribution in [0.1, 0.15) is 47.4 Å². The number of Topliss-reactive ketones (excluding diaryl/α,β-unsaturated/α-hetero) is 1. The number of hydrogen-bond acceptors (Lipinski definition) is 4. The van der Waals surface area contributed by atoms with Crippen LogP contribution >= 0.6 is 0 Å². The van der Waals surface area contributed by atoms with Gasteiger partial charge in [-0.15, -0.1) is 0 Å². The number of nitrogens with one attached hydrogen (secondary N) is 1. The number of pyridine rings is 1. The predicted octanol–water partition coefficient (Wildman–Crippen LogP) is 6.82. The van der Waals surface area contributed by atoms with Crippen LogP contribution < -0.4 is 5.32 Å². The van der Waals surface area contributed by atoms with Gasteiger partial charge in [-0.25, -0.2) is 9.37 Å². The molecule has 4 nitrogen and oxygen atoms in total. The number of aromatic nitrogens is 1. The molecule has 0 amide bonds. The Morgan fingerprint density at radius 1 is 1.00 bits per heavy atom. The lowest BCUT2D eigenvalue weighted by atomic mass is 10.0. The fourth-order valence-corrected chi connectivity index (χ4v) is 4.73. The quantitative estimate of drug-likeness (QED) is 0.289. The molecule has 0 spiro atoms. The van der Waals surface area contributed by atoms with Crippen molar-refractivity contribution >= 4 is 22.4 Å². The molecule has 178 valence electrons. The van der Waals surface area contributed by atoms with Crippen LogP contribution in [0.25, 0.3) is 22.2 Å². The standard InChI is InChI=1S/C30H30FN3O/c1-21(31)24-9-5-10-25(18-24)28-14-13-23-8-6-12-27(30(23)33-28)29(35)19-32-26-11-4-7-22(17-26)20-34-15-2-3-16-34/h4-14,17-18,21,32H,2-3,15-16,19-20H2,1H3. The molecule has 1 aliphatic rings. The van der Waals surface area contributed by atoms with Gasteiger partial charge in [-0.05, 0) is 74.3 Å². The molecule has 1 atom stereocenters. The van der Waals surface area contributed by atoms with Gasteiger partial charge in [0.15, 0.2) is 5.78 Å². The van der Waals surface area contributed by atoms with Crippen LogP contribution in [0.5, 0.6) is 0 Å². The molecule has 1 N–H and O–H groups in total. The van der Waals surface area contributed by atoms with E-state index in [2.05, 4.69) is 22.3 Å². The highest BCUT2D eigenvalue weighted by atomic mass is 19.1. The lowest BCUT2D eigenvalue weighted by Gasteiger charge is -2.15. The maximum atomic E-state index is 13.8. The highest BCUT2D eigenvalue weighted by molar-refractivity contribution is 6.08. The normalized spacial score (nSPS) is 14.8. The number of nitrogens with zero attached hydrogens (tertiary/aromatic N) is 2. The molecule has 35 heavy (non-hydrogen) atoms. The molecule has 1 aromatic heterocycles. The molecule has 1 fully saturated rings. The molecule has 5 heteroatoms. The average Bonchev–Trinajstić information content (AvgIpc) is 3.40. The number of carbonyl (C=O) groups is 1. The first kappa shape index (κ1) is 23.2. The van der Waals surface area contributed by atoms with Gasteiger partial charge in [0, 0.05) is 28.7 Å². The van der Waals surface area contributed by atoms with E-state index in [1.165, 1.54) is 25.3 Å². The first-order chi connectivity index (χ1) is 17.1. The van der Waals surface area contributed by atoms with Crippen LogP contribution in [0.4, 0.5) is 10.1 Å². The first-order valence-electron chi connectivity index (χ1n) is 12.3. The average molecular weight is 468 g/mol. The van der Waals surface area contributed by atoms with Crippen molar-refractivity contribution in [3.05, 3.63) is 95.6 Å². The summed E-state index contributed by atoms with van der Waals surface area (Å²) in [6, 6.07) is 25.2. The maximum absolute atomic E-state index is 13.8. The van der Waals surface area contributed by atoms with Crippen molar-refractivity contribution in [3.8, 4) is 11.3 Å². The van der Waals surface area contributed by atoms with E-state index in [1.54, 1.807) is 6.07 Å². The number of para-hydroxylation sites is 1. The number of anilines is 1. The molecule has 1 aliphatic heterocycles. The number of ketones is 1. The number of carbonyl (C=O) groups excluding carboxylic acids is 1. The van der Waals surface area contributed by atoms with Crippen molar-refractivity contribution in [2.45, 2.75) is 32.5 Å². The lowest BCUT2D eigenvalue weighted by Crippen LogP contribution is -2.18. The van der Waals surface area contributed by atoms with Crippen LogP contribution in [-0.4, -0.2) is 35.3 Å². The summed E-state index contributed by atoms with van der Waals surface area (Å²) in [5, 5.41) is 4.21. The second-order valence-electron chi connectivity index (χ2n) is 9.28. The number of fused-ring (bicyclic) bond motifs is 1. The summed E-state index contributed by atoms with van der Waals surface area (Å²) in [6.45, 7) is 4.97. The molecule has 0 bridgehead atoms. The van der Waals surface area contributed by atoms with E-state index in [0.717, 1.165) is 42.0 Å². The number of halogens is 1. The van der Waals surface area contributed by atoms with Crippen molar-refractivity contribution in [2.24, 2.45) is 0 Å². The zero-order valence-corrected chi connectivity index (χ0v) is 20.0. The zero-order valence-electron chi connectivity index (χ0n) is 20.0. The van der Waals surface area contributed by atoms with E-state index in [4.69, 9.17) is 4.98 Å². The summed E-state index contributed by atoms with van der Waals surface area (Å²) in [5.41, 5.74) is 5.63. The van der Waals surface area contributed by atoms with Gasteiger partial charge in [0.25, 0.3) is 0 Å². The van der Waals surface area contributed by atoms with E-state index < -0.39 is 6.17 Å². The SMILES string of the molecule is CC(F)c1cccc(-c2ccc3cccc(C(=O)CNc4cccc(CN5CCCC5)c4)c3n2)c1. The van der Waals surface area contributed by atoms with Gasteiger partial charge in [-0.2, -0.15) is 0 Å². The summed E-state index contributed by atoms with van der Waals surface area (Å²) in [4.78, 5) is 20.5. The Morgan fingerprint density at radius 3 is 2.63 bits per heavy atom. The van der Waals surface area contributed by atoms with Crippen LogP contribution in [0.15, 0.2) is 78.9 Å². The van der Waals surface area contributed by atoms with Gasteiger partial charge in [0.05, 0.1) is 17.8 Å². The molecular formula is C30H30FN3O. The molecule has 1 unspecified atom stereocenters.